The number of carbonyl (C=O) groups is 1. The maximum absolute atomic E-state index is 12.9. The fraction of sp³-hybridized carbons (Fsp3) is 0.143. The number of anilines is 1. The fourth-order valence-electron chi connectivity index (χ4n) is 1.87. The molecule has 0 aliphatic rings. The lowest BCUT2D eigenvalue weighted by Crippen LogP contribution is -2.07. The monoisotopic (exact) mass is 260 g/mol. The summed E-state index contributed by atoms with van der Waals surface area (Å²) in [5, 5.41) is 11.8. The standard InChI is InChI=1S/C14H13FN2O2/c1-8-7-11(14(18)19)13(16-2)17-12(8)9-3-5-10(15)6-4-9/h3-7H,1-2H3,(H,16,17)(H,18,19). The molecule has 2 rings (SSSR count). The Balaban J connectivity index is 2.58. The highest BCUT2D eigenvalue weighted by molar-refractivity contribution is 5.94. The summed E-state index contributed by atoms with van der Waals surface area (Å²) in [6.45, 7) is 1.78. The normalized spacial score (nSPS) is 10.3. The van der Waals surface area contributed by atoms with Crippen molar-refractivity contribution in [1.82, 2.24) is 4.98 Å². The molecule has 1 aromatic heterocycles. The number of nitrogens with zero attached hydrogens (tertiary/aromatic N) is 1. The lowest BCUT2D eigenvalue weighted by molar-refractivity contribution is 0.0697. The molecular formula is C14H13FN2O2. The summed E-state index contributed by atoms with van der Waals surface area (Å²) in [6.07, 6.45) is 0. The van der Waals surface area contributed by atoms with E-state index in [2.05, 4.69) is 10.3 Å². The molecule has 0 fully saturated rings. The SMILES string of the molecule is CNc1nc(-c2ccc(F)cc2)c(C)cc1C(=O)O. The van der Waals surface area contributed by atoms with Crippen molar-refractivity contribution in [2.45, 2.75) is 6.92 Å². The van der Waals surface area contributed by atoms with Crippen LogP contribution in [0.3, 0.4) is 0 Å². The molecule has 0 bridgehead atoms. The third-order valence-electron chi connectivity index (χ3n) is 2.80. The predicted octanol–water partition coefficient (Wildman–Crippen LogP) is 2.94. The lowest BCUT2D eigenvalue weighted by atomic mass is 10.0. The van der Waals surface area contributed by atoms with Crippen LogP contribution in [-0.2, 0) is 0 Å². The third-order valence-corrected chi connectivity index (χ3v) is 2.80. The van der Waals surface area contributed by atoms with Gasteiger partial charge in [0, 0.05) is 12.6 Å². The summed E-state index contributed by atoms with van der Waals surface area (Å²) in [5.74, 6) is -1.07. The number of benzene rings is 1. The van der Waals surface area contributed by atoms with E-state index in [1.165, 1.54) is 12.1 Å². The number of hydrogen-bond acceptors (Lipinski definition) is 3. The summed E-state index contributed by atoms with van der Waals surface area (Å²) in [5.41, 5.74) is 2.22. The zero-order valence-corrected chi connectivity index (χ0v) is 10.6. The molecule has 0 atom stereocenters. The van der Waals surface area contributed by atoms with E-state index in [4.69, 9.17) is 5.11 Å². The molecule has 0 saturated carbocycles. The highest BCUT2D eigenvalue weighted by Crippen LogP contribution is 2.26. The molecule has 5 heteroatoms. The first kappa shape index (κ1) is 13.0. The largest absolute Gasteiger partial charge is 0.478 e. The van der Waals surface area contributed by atoms with Crippen LogP contribution in [0.1, 0.15) is 15.9 Å². The van der Waals surface area contributed by atoms with Crippen molar-refractivity contribution in [3.63, 3.8) is 0 Å². The van der Waals surface area contributed by atoms with E-state index < -0.39 is 5.97 Å². The van der Waals surface area contributed by atoms with Crippen molar-refractivity contribution in [2.24, 2.45) is 0 Å². The first-order chi connectivity index (χ1) is 9.02. The number of carboxylic acid groups (broad SMARTS) is 1. The summed E-state index contributed by atoms with van der Waals surface area (Å²) in [6, 6.07) is 7.48. The van der Waals surface area contributed by atoms with Crippen LogP contribution >= 0.6 is 0 Å². The van der Waals surface area contributed by atoms with Crippen LogP contribution in [0.2, 0.25) is 0 Å². The van der Waals surface area contributed by atoms with E-state index in [0.29, 0.717) is 5.69 Å². The minimum atomic E-state index is -1.04. The molecule has 19 heavy (non-hydrogen) atoms. The van der Waals surface area contributed by atoms with Crippen LogP contribution in [0.5, 0.6) is 0 Å². The second-order valence-corrected chi connectivity index (χ2v) is 4.11. The number of aromatic nitrogens is 1. The van der Waals surface area contributed by atoms with Crippen LogP contribution in [0.4, 0.5) is 10.2 Å². The fourth-order valence-corrected chi connectivity index (χ4v) is 1.87. The number of aromatic carboxylic acids is 1. The van der Waals surface area contributed by atoms with Gasteiger partial charge in [-0.2, -0.15) is 0 Å². The second-order valence-electron chi connectivity index (χ2n) is 4.11. The van der Waals surface area contributed by atoms with Crippen molar-refractivity contribution in [3.8, 4) is 11.3 Å². The minimum Gasteiger partial charge on any atom is -0.478 e. The van der Waals surface area contributed by atoms with Gasteiger partial charge in [0.05, 0.1) is 5.69 Å². The molecular weight excluding hydrogens is 247 g/mol. The Morgan fingerprint density at radius 3 is 2.47 bits per heavy atom. The second kappa shape index (κ2) is 5.06. The van der Waals surface area contributed by atoms with Gasteiger partial charge in [0.1, 0.15) is 17.2 Å². The first-order valence-corrected chi connectivity index (χ1v) is 5.71. The number of carboxylic acids is 1. The summed E-state index contributed by atoms with van der Waals surface area (Å²) in [4.78, 5) is 15.4. The maximum atomic E-state index is 12.9. The summed E-state index contributed by atoms with van der Waals surface area (Å²) < 4.78 is 12.9. The molecule has 1 aromatic carbocycles. The van der Waals surface area contributed by atoms with Gasteiger partial charge in [0.15, 0.2) is 0 Å². The zero-order valence-electron chi connectivity index (χ0n) is 10.6. The molecule has 0 aliphatic heterocycles. The average Bonchev–Trinajstić information content (AvgIpc) is 2.39. The van der Waals surface area contributed by atoms with Crippen molar-refractivity contribution in [3.05, 3.63) is 47.3 Å². The van der Waals surface area contributed by atoms with Gasteiger partial charge in [0.2, 0.25) is 0 Å². The maximum Gasteiger partial charge on any atom is 0.339 e. The lowest BCUT2D eigenvalue weighted by Gasteiger charge is -2.11. The van der Waals surface area contributed by atoms with E-state index >= 15 is 0 Å². The predicted molar refractivity (Wildman–Crippen MR) is 70.9 cm³/mol. The Bertz CT molecular complexity index is 624. The Labute approximate surface area is 109 Å². The molecule has 0 amide bonds. The van der Waals surface area contributed by atoms with Gasteiger partial charge in [-0.05, 0) is 42.8 Å². The number of halogens is 1. The topological polar surface area (TPSA) is 62.2 Å². The van der Waals surface area contributed by atoms with Crippen LogP contribution in [0.15, 0.2) is 30.3 Å². The van der Waals surface area contributed by atoms with Crippen molar-refractivity contribution in [2.75, 3.05) is 12.4 Å². The minimum absolute atomic E-state index is 0.117. The van der Waals surface area contributed by atoms with Gasteiger partial charge in [-0.25, -0.2) is 14.2 Å². The molecule has 0 unspecified atom stereocenters. The highest BCUT2D eigenvalue weighted by Gasteiger charge is 2.14. The number of pyridine rings is 1. The smallest absolute Gasteiger partial charge is 0.339 e. The molecule has 0 saturated heterocycles. The van der Waals surface area contributed by atoms with E-state index in [1.54, 1.807) is 32.2 Å². The Hall–Kier alpha value is -2.43. The number of aryl methyl sites for hydroxylation is 1. The van der Waals surface area contributed by atoms with Gasteiger partial charge in [-0.3, -0.25) is 0 Å². The van der Waals surface area contributed by atoms with E-state index in [9.17, 15) is 9.18 Å². The number of hydrogen-bond donors (Lipinski definition) is 2. The van der Waals surface area contributed by atoms with Crippen LogP contribution in [0.25, 0.3) is 11.3 Å². The van der Waals surface area contributed by atoms with E-state index in [0.717, 1.165) is 11.1 Å². The van der Waals surface area contributed by atoms with Gasteiger partial charge in [0.25, 0.3) is 0 Å². The third kappa shape index (κ3) is 2.54. The Kier molecular flexibility index (Phi) is 3.46. The van der Waals surface area contributed by atoms with Crippen molar-refractivity contribution < 1.29 is 14.3 Å². The van der Waals surface area contributed by atoms with Crippen molar-refractivity contribution >= 4 is 11.8 Å². The molecule has 0 aliphatic carbocycles. The van der Waals surface area contributed by atoms with Crippen LogP contribution in [-0.4, -0.2) is 23.1 Å². The van der Waals surface area contributed by atoms with Gasteiger partial charge < -0.3 is 10.4 Å². The number of rotatable bonds is 3. The molecule has 4 nitrogen and oxygen atoms in total. The van der Waals surface area contributed by atoms with Crippen LogP contribution < -0.4 is 5.32 Å². The zero-order chi connectivity index (χ0) is 14.0. The van der Waals surface area contributed by atoms with E-state index in [-0.39, 0.29) is 17.2 Å². The van der Waals surface area contributed by atoms with Crippen LogP contribution in [0, 0.1) is 12.7 Å². The molecule has 98 valence electrons. The van der Waals surface area contributed by atoms with Gasteiger partial charge in [-0.15, -0.1) is 0 Å². The Morgan fingerprint density at radius 2 is 1.95 bits per heavy atom. The quantitative estimate of drug-likeness (QED) is 0.890. The number of nitrogens with one attached hydrogen (secondary N) is 1. The summed E-state index contributed by atoms with van der Waals surface area (Å²) in [7, 11) is 1.61. The van der Waals surface area contributed by atoms with Gasteiger partial charge >= 0.3 is 5.97 Å². The molecule has 2 N–H and O–H groups in total. The van der Waals surface area contributed by atoms with E-state index in [1.807, 2.05) is 0 Å². The van der Waals surface area contributed by atoms with Gasteiger partial charge in [-0.1, -0.05) is 0 Å². The van der Waals surface area contributed by atoms with Crippen molar-refractivity contribution in [1.29, 1.82) is 0 Å². The first-order valence-electron chi connectivity index (χ1n) is 5.71. The molecule has 2 aromatic rings. The molecule has 0 spiro atoms. The highest BCUT2D eigenvalue weighted by atomic mass is 19.1. The molecule has 1 heterocycles. The Morgan fingerprint density at radius 1 is 1.32 bits per heavy atom. The average molecular weight is 260 g/mol. The molecule has 0 radical (unpaired) electrons. The summed E-state index contributed by atoms with van der Waals surface area (Å²) >= 11 is 0.